The maximum absolute atomic E-state index is 4.54. The highest BCUT2D eigenvalue weighted by Crippen LogP contribution is 2.18. The Kier molecular flexibility index (Phi) is 3.85. The lowest BCUT2D eigenvalue weighted by Gasteiger charge is -2.19. The van der Waals surface area contributed by atoms with Gasteiger partial charge in [-0.05, 0) is 19.4 Å². The first-order valence-corrected chi connectivity index (χ1v) is 7.30. The van der Waals surface area contributed by atoms with E-state index in [4.69, 9.17) is 0 Å². The molecule has 21 heavy (non-hydrogen) atoms. The van der Waals surface area contributed by atoms with E-state index in [0.717, 1.165) is 23.0 Å². The summed E-state index contributed by atoms with van der Waals surface area (Å²) in [5.41, 5.74) is 9.20. The smallest absolute Gasteiger partial charge is 0.177 e. The van der Waals surface area contributed by atoms with Gasteiger partial charge in [0.25, 0.3) is 0 Å². The molecule has 0 aliphatic carbocycles. The molecule has 0 bridgehead atoms. The third kappa shape index (κ3) is 2.74. The van der Waals surface area contributed by atoms with Gasteiger partial charge in [0.2, 0.25) is 0 Å². The fourth-order valence-corrected chi connectivity index (χ4v) is 2.68. The SMILES string of the molecule is CCn1ncc(C2=NNNN2Cc2cccc(C)c2)c1S. The van der Waals surface area contributed by atoms with Gasteiger partial charge in [0, 0.05) is 6.54 Å². The second kappa shape index (κ2) is 5.79. The van der Waals surface area contributed by atoms with Crippen molar-refractivity contribution in [1.82, 2.24) is 25.9 Å². The van der Waals surface area contributed by atoms with Gasteiger partial charge in [-0.2, -0.15) is 5.10 Å². The van der Waals surface area contributed by atoms with Crippen molar-refractivity contribution in [3.8, 4) is 0 Å². The molecule has 1 aromatic heterocycles. The molecular formula is C14H18N6S. The van der Waals surface area contributed by atoms with Gasteiger partial charge < -0.3 is 0 Å². The normalized spacial score (nSPS) is 14.2. The Balaban J connectivity index is 1.84. The molecule has 0 saturated carbocycles. The molecule has 2 N–H and O–H groups in total. The number of amidine groups is 1. The van der Waals surface area contributed by atoms with Crippen LogP contribution in [-0.2, 0) is 13.1 Å². The molecule has 2 aromatic rings. The summed E-state index contributed by atoms with van der Waals surface area (Å²) in [6, 6.07) is 8.41. The van der Waals surface area contributed by atoms with Gasteiger partial charge in [-0.15, -0.1) is 23.3 Å². The third-order valence-electron chi connectivity index (χ3n) is 3.38. The molecule has 0 spiro atoms. The van der Waals surface area contributed by atoms with Crippen LogP contribution in [-0.4, -0.2) is 20.6 Å². The average Bonchev–Trinajstić information content (AvgIpc) is 3.05. The largest absolute Gasteiger partial charge is 0.266 e. The summed E-state index contributed by atoms with van der Waals surface area (Å²) >= 11 is 4.54. The highest BCUT2D eigenvalue weighted by molar-refractivity contribution is 7.80. The summed E-state index contributed by atoms with van der Waals surface area (Å²) in [4.78, 5) is 0. The van der Waals surface area contributed by atoms with Crippen molar-refractivity contribution >= 4 is 18.5 Å². The van der Waals surface area contributed by atoms with Gasteiger partial charge in [0.15, 0.2) is 5.84 Å². The van der Waals surface area contributed by atoms with Crippen LogP contribution in [0.15, 0.2) is 40.6 Å². The highest BCUT2D eigenvalue weighted by Gasteiger charge is 2.23. The maximum Gasteiger partial charge on any atom is 0.177 e. The lowest BCUT2D eigenvalue weighted by Crippen LogP contribution is -2.40. The molecule has 0 atom stereocenters. The number of nitrogens with one attached hydrogen (secondary N) is 2. The average molecular weight is 302 g/mol. The molecule has 0 amide bonds. The minimum atomic E-state index is 0.706. The van der Waals surface area contributed by atoms with Crippen LogP contribution < -0.4 is 11.1 Å². The quantitative estimate of drug-likeness (QED) is 0.752. The van der Waals surface area contributed by atoms with Crippen molar-refractivity contribution in [2.75, 3.05) is 0 Å². The van der Waals surface area contributed by atoms with E-state index in [-0.39, 0.29) is 0 Å². The van der Waals surface area contributed by atoms with Gasteiger partial charge in [-0.25, -0.2) is 5.53 Å². The number of nitrogens with zero attached hydrogens (tertiary/aromatic N) is 4. The van der Waals surface area contributed by atoms with E-state index in [1.807, 2.05) is 16.6 Å². The van der Waals surface area contributed by atoms with E-state index in [9.17, 15) is 0 Å². The summed E-state index contributed by atoms with van der Waals surface area (Å²) in [7, 11) is 0. The van der Waals surface area contributed by atoms with E-state index < -0.39 is 0 Å². The Labute approximate surface area is 129 Å². The molecule has 7 heteroatoms. The number of hydrogen-bond donors (Lipinski definition) is 3. The van der Waals surface area contributed by atoms with Crippen molar-refractivity contribution in [3.05, 3.63) is 47.2 Å². The number of aromatic nitrogens is 2. The zero-order valence-electron chi connectivity index (χ0n) is 12.0. The molecule has 0 fully saturated rings. The molecule has 2 heterocycles. The van der Waals surface area contributed by atoms with Crippen LogP contribution in [0.3, 0.4) is 0 Å². The highest BCUT2D eigenvalue weighted by atomic mass is 32.1. The lowest BCUT2D eigenvalue weighted by molar-refractivity contribution is 0.287. The predicted octanol–water partition coefficient (Wildman–Crippen LogP) is 1.69. The van der Waals surface area contributed by atoms with Gasteiger partial charge in [-0.1, -0.05) is 29.8 Å². The standard InChI is InChI=1S/C14H18N6S/c1-3-19-14(21)12(8-15-19)13-16-17-18-20(13)9-11-6-4-5-10(2)7-11/h4-8,17-18,21H,3,9H2,1-2H3. The molecule has 0 radical (unpaired) electrons. The van der Waals surface area contributed by atoms with Crippen LogP contribution in [0.25, 0.3) is 0 Å². The second-order valence-corrected chi connectivity index (χ2v) is 5.36. The Morgan fingerprint density at radius 3 is 2.90 bits per heavy atom. The number of thiol groups is 1. The molecule has 0 saturated heterocycles. The Hall–Kier alpha value is -1.99. The van der Waals surface area contributed by atoms with Gasteiger partial charge in [-0.3, -0.25) is 9.69 Å². The van der Waals surface area contributed by atoms with Crippen molar-refractivity contribution in [1.29, 1.82) is 0 Å². The first-order valence-electron chi connectivity index (χ1n) is 6.85. The van der Waals surface area contributed by atoms with Crippen molar-refractivity contribution in [2.24, 2.45) is 5.10 Å². The maximum atomic E-state index is 4.54. The number of hydrazone groups is 1. The molecule has 6 nitrogen and oxygen atoms in total. The van der Waals surface area contributed by atoms with E-state index in [0.29, 0.717) is 6.54 Å². The van der Waals surface area contributed by atoms with E-state index in [1.165, 1.54) is 11.1 Å². The first-order chi connectivity index (χ1) is 10.2. The third-order valence-corrected chi connectivity index (χ3v) is 3.85. The molecular weight excluding hydrogens is 284 g/mol. The van der Waals surface area contributed by atoms with Crippen LogP contribution in [0.2, 0.25) is 0 Å². The summed E-state index contributed by atoms with van der Waals surface area (Å²) < 4.78 is 1.84. The minimum absolute atomic E-state index is 0.706. The Bertz CT molecular complexity index is 678. The second-order valence-electron chi connectivity index (χ2n) is 4.93. The molecule has 1 aromatic carbocycles. The van der Waals surface area contributed by atoms with Gasteiger partial charge in [0.1, 0.15) is 5.03 Å². The summed E-state index contributed by atoms with van der Waals surface area (Å²) in [6.45, 7) is 5.61. The number of hydrogen-bond acceptors (Lipinski definition) is 6. The zero-order valence-corrected chi connectivity index (χ0v) is 12.9. The number of hydrazine groups is 2. The van der Waals surface area contributed by atoms with Crippen LogP contribution in [0.4, 0.5) is 0 Å². The lowest BCUT2D eigenvalue weighted by atomic mass is 10.1. The van der Waals surface area contributed by atoms with Crippen LogP contribution in [0.1, 0.15) is 23.6 Å². The van der Waals surface area contributed by atoms with E-state index >= 15 is 0 Å². The van der Waals surface area contributed by atoms with Crippen molar-refractivity contribution in [2.45, 2.75) is 32.0 Å². The van der Waals surface area contributed by atoms with Crippen LogP contribution >= 0.6 is 12.6 Å². The monoisotopic (exact) mass is 302 g/mol. The van der Waals surface area contributed by atoms with Gasteiger partial charge >= 0.3 is 0 Å². The number of rotatable bonds is 4. The Morgan fingerprint density at radius 1 is 1.33 bits per heavy atom. The predicted molar refractivity (Wildman–Crippen MR) is 84.7 cm³/mol. The van der Waals surface area contributed by atoms with Crippen LogP contribution in [0.5, 0.6) is 0 Å². The summed E-state index contributed by atoms with van der Waals surface area (Å²) in [5, 5.41) is 11.4. The summed E-state index contributed by atoms with van der Waals surface area (Å²) in [5.74, 6) is 0.793. The fraction of sp³-hybridized carbons (Fsp3) is 0.286. The van der Waals surface area contributed by atoms with E-state index in [2.05, 4.69) is 65.1 Å². The molecule has 0 unspecified atom stereocenters. The number of benzene rings is 1. The van der Waals surface area contributed by atoms with Crippen LogP contribution in [0, 0.1) is 6.92 Å². The van der Waals surface area contributed by atoms with Crippen molar-refractivity contribution < 1.29 is 0 Å². The number of aryl methyl sites for hydroxylation is 2. The summed E-state index contributed by atoms with van der Waals surface area (Å²) in [6.07, 6.45) is 1.79. The van der Waals surface area contributed by atoms with Crippen molar-refractivity contribution in [3.63, 3.8) is 0 Å². The van der Waals surface area contributed by atoms with E-state index in [1.54, 1.807) is 6.20 Å². The molecule has 110 valence electrons. The van der Waals surface area contributed by atoms with Gasteiger partial charge in [0.05, 0.1) is 18.3 Å². The minimum Gasteiger partial charge on any atom is -0.266 e. The fourth-order valence-electron chi connectivity index (χ4n) is 2.33. The molecule has 1 aliphatic rings. The molecule has 3 rings (SSSR count). The zero-order chi connectivity index (χ0) is 14.8. The molecule has 1 aliphatic heterocycles. The Morgan fingerprint density at radius 2 is 2.19 bits per heavy atom. The first kappa shape index (κ1) is 14.0. The topological polar surface area (TPSA) is 57.5 Å².